The molecule has 1 aliphatic heterocycles. The van der Waals surface area contributed by atoms with Crippen molar-refractivity contribution in [1.82, 2.24) is 5.32 Å². The molecular formula is C10H13N3O3S. The summed E-state index contributed by atoms with van der Waals surface area (Å²) >= 11 is 1.26. The van der Waals surface area contributed by atoms with Crippen LogP contribution >= 0.6 is 11.3 Å². The number of hydrogen-bond acceptors (Lipinski definition) is 5. The highest BCUT2D eigenvalue weighted by Crippen LogP contribution is 2.22. The fourth-order valence-electron chi connectivity index (χ4n) is 1.53. The standard InChI is InChI=1S/C10H13N3O3S/c11-8(14)6-1-4-17-10(6)13-9(15)7-5-12-2-3-16-7/h1,4,7,12H,2-3,5H2,(H2,11,14)(H,13,15). The second kappa shape index (κ2) is 5.26. The molecule has 2 amide bonds. The van der Waals surface area contributed by atoms with Crippen LogP contribution in [0.3, 0.4) is 0 Å². The zero-order valence-corrected chi connectivity index (χ0v) is 9.88. The maximum absolute atomic E-state index is 11.8. The SMILES string of the molecule is NC(=O)c1ccsc1NC(=O)C1CNCCO1. The second-order valence-electron chi connectivity index (χ2n) is 3.58. The molecule has 1 aromatic heterocycles. The van der Waals surface area contributed by atoms with E-state index in [2.05, 4.69) is 10.6 Å². The molecule has 1 saturated heterocycles. The largest absolute Gasteiger partial charge is 0.366 e. The molecule has 2 rings (SSSR count). The Morgan fingerprint density at radius 3 is 3.06 bits per heavy atom. The molecule has 0 aliphatic carbocycles. The molecule has 2 heterocycles. The number of anilines is 1. The fraction of sp³-hybridized carbons (Fsp3) is 0.400. The van der Waals surface area contributed by atoms with Crippen molar-refractivity contribution in [3.8, 4) is 0 Å². The van der Waals surface area contributed by atoms with Crippen LogP contribution in [0.5, 0.6) is 0 Å². The molecule has 1 unspecified atom stereocenters. The van der Waals surface area contributed by atoms with Crippen LogP contribution in [-0.2, 0) is 9.53 Å². The third-order valence-electron chi connectivity index (χ3n) is 2.39. The van der Waals surface area contributed by atoms with E-state index < -0.39 is 12.0 Å². The van der Waals surface area contributed by atoms with E-state index in [4.69, 9.17) is 10.5 Å². The van der Waals surface area contributed by atoms with Gasteiger partial charge in [-0.25, -0.2) is 0 Å². The van der Waals surface area contributed by atoms with Crippen LogP contribution in [0.4, 0.5) is 5.00 Å². The summed E-state index contributed by atoms with van der Waals surface area (Å²) in [4.78, 5) is 22.9. The summed E-state index contributed by atoms with van der Waals surface area (Å²) in [7, 11) is 0. The quantitative estimate of drug-likeness (QED) is 0.695. The van der Waals surface area contributed by atoms with Crippen molar-refractivity contribution in [2.24, 2.45) is 5.73 Å². The van der Waals surface area contributed by atoms with E-state index in [1.54, 1.807) is 11.4 Å². The molecule has 92 valence electrons. The predicted octanol–water partition coefficient (Wildman–Crippen LogP) is -0.226. The summed E-state index contributed by atoms with van der Waals surface area (Å²) in [5.74, 6) is -0.814. The lowest BCUT2D eigenvalue weighted by Crippen LogP contribution is -2.45. The van der Waals surface area contributed by atoms with Gasteiger partial charge in [0.15, 0.2) is 0 Å². The Bertz CT molecular complexity index is 426. The van der Waals surface area contributed by atoms with Gasteiger partial charge in [0.05, 0.1) is 12.2 Å². The minimum absolute atomic E-state index is 0.262. The summed E-state index contributed by atoms with van der Waals surface area (Å²) in [6, 6.07) is 1.59. The normalized spacial score (nSPS) is 19.9. The van der Waals surface area contributed by atoms with Crippen LogP contribution in [0.1, 0.15) is 10.4 Å². The number of nitrogens with one attached hydrogen (secondary N) is 2. The van der Waals surface area contributed by atoms with Crippen LogP contribution < -0.4 is 16.4 Å². The highest BCUT2D eigenvalue weighted by Gasteiger charge is 2.23. The van der Waals surface area contributed by atoms with Crippen molar-refractivity contribution >= 4 is 28.2 Å². The third-order valence-corrected chi connectivity index (χ3v) is 3.22. The minimum atomic E-state index is -0.552. The smallest absolute Gasteiger partial charge is 0.255 e. The molecule has 7 heteroatoms. The lowest BCUT2D eigenvalue weighted by molar-refractivity contribution is -0.128. The molecule has 4 N–H and O–H groups in total. The highest BCUT2D eigenvalue weighted by atomic mass is 32.1. The van der Waals surface area contributed by atoms with Crippen LogP contribution in [-0.4, -0.2) is 37.6 Å². The van der Waals surface area contributed by atoms with Crippen LogP contribution in [0.25, 0.3) is 0 Å². The van der Waals surface area contributed by atoms with Gasteiger partial charge in [-0.05, 0) is 11.4 Å². The van der Waals surface area contributed by atoms with E-state index in [0.717, 1.165) is 6.54 Å². The van der Waals surface area contributed by atoms with Gasteiger partial charge in [0.1, 0.15) is 11.1 Å². The molecular weight excluding hydrogens is 242 g/mol. The number of rotatable bonds is 3. The van der Waals surface area contributed by atoms with Gasteiger partial charge in [0.25, 0.3) is 11.8 Å². The van der Waals surface area contributed by atoms with Crippen LogP contribution in [0, 0.1) is 0 Å². The topological polar surface area (TPSA) is 93.5 Å². The maximum atomic E-state index is 11.8. The molecule has 1 fully saturated rings. The van der Waals surface area contributed by atoms with Crippen molar-refractivity contribution in [2.75, 3.05) is 25.0 Å². The first-order valence-electron chi connectivity index (χ1n) is 5.19. The van der Waals surface area contributed by atoms with E-state index in [1.807, 2.05) is 0 Å². The van der Waals surface area contributed by atoms with Crippen molar-refractivity contribution in [3.63, 3.8) is 0 Å². The Kier molecular flexibility index (Phi) is 3.72. The van der Waals surface area contributed by atoms with E-state index >= 15 is 0 Å². The Balaban J connectivity index is 2.02. The maximum Gasteiger partial charge on any atom is 0.255 e. The summed E-state index contributed by atoms with van der Waals surface area (Å²) in [5.41, 5.74) is 5.51. The first-order chi connectivity index (χ1) is 8.18. The highest BCUT2D eigenvalue weighted by molar-refractivity contribution is 7.14. The Morgan fingerprint density at radius 2 is 2.41 bits per heavy atom. The van der Waals surface area contributed by atoms with Crippen LogP contribution in [0.2, 0.25) is 0 Å². The molecule has 1 aromatic rings. The summed E-state index contributed by atoms with van der Waals surface area (Å²) in [5, 5.41) is 7.89. The zero-order valence-electron chi connectivity index (χ0n) is 9.06. The average Bonchev–Trinajstić information content (AvgIpc) is 2.78. The minimum Gasteiger partial charge on any atom is -0.366 e. The third kappa shape index (κ3) is 2.82. The van der Waals surface area contributed by atoms with Gasteiger partial charge >= 0.3 is 0 Å². The molecule has 0 saturated carbocycles. The molecule has 6 nitrogen and oxygen atoms in total. The van der Waals surface area contributed by atoms with Gasteiger partial charge in [-0.2, -0.15) is 0 Å². The number of amides is 2. The number of ether oxygens (including phenoxy) is 1. The lowest BCUT2D eigenvalue weighted by Gasteiger charge is -2.22. The van der Waals surface area contributed by atoms with Crippen molar-refractivity contribution in [2.45, 2.75) is 6.10 Å². The van der Waals surface area contributed by atoms with Crippen LogP contribution in [0.15, 0.2) is 11.4 Å². The molecule has 0 aromatic carbocycles. The molecule has 0 radical (unpaired) electrons. The van der Waals surface area contributed by atoms with E-state index in [-0.39, 0.29) is 5.91 Å². The van der Waals surface area contributed by atoms with Gasteiger partial charge in [-0.15, -0.1) is 11.3 Å². The Hall–Kier alpha value is -1.44. The van der Waals surface area contributed by atoms with Gasteiger partial charge in [0, 0.05) is 13.1 Å². The molecule has 0 spiro atoms. The molecule has 1 aliphatic rings. The first-order valence-corrected chi connectivity index (χ1v) is 6.07. The second-order valence-corrected chi connectivity index (χ2v) is 4.50. The number of morpholine rings is 1. The van der Waals surface area contributed by atoms with E-state index in [9.17, 15) is 9.59 Å². The molecule has 17 heavy (non-hydrogen) atoms. The Labute approximate surface area is 102 Å². The van der Waals surface area contributed by atoms with Gasteiger partial charge in [0.2, 0.25) is 0 Å². The summed E-state index contributed by atoms with van der Waals surface area (Å²) in [6.45, 7) is 1.73. The predicted molar refractivity (Wildman–Crippen MR) is 64.1 cm³/mol. The lowest BCUT2D eigenvalue weighted by atomic mass is 10.2. The molecule has 0 bridgehead atoms. The van der Waals surface area contributed by atoms with Crippen molar-refractivity contribution in [3.05, 3.63) is 17.0 Å². The summed E-state index contributed by atoms with van der Waals surface area (Å²) in [6.07, 6.45) is -0.522. The van der Waals surface area contributed by atoms with Crippen molar-refractivity contribution < 1.29 is 14.3 Å². The van der Waals surface area contributed by atoms with E-state index in [0.29, 0.717) is 23.7 Å². The zero-order chi connectivity index (χ0) is 12.3. The van der Waals surface area contributed by atoms with E-state index in [1.165, 1.54) is 11.3 Å². The number of carbonyl (C=O) groups is 2. The number of thiophene rings is 1. The average molecular weight is 255 g/mol. The number of hydrogen-bond donors (Lipinski definition) is 3. The fourth-order valence-corrected chi connectivity index (χ4v) is 2.32. The number of nitrogens with two attached hydrogens (primary N) is 1. The first kappa shape index (κ1) is 12.0. The Morgan fingerprint density at radius 1 is 1.59 bits per heavy atom. The number of primary amides is 1. The van der Waals surface area contributed by atoms with Gasteiger partial charge < -0.3 is 21.1 Å². The number of carbonyl (C=O) groups excluding carboxylic acids is 2. The van der Waals surface area contributed by atoms with Gasteiger partial charge in [-0.3, -0.25) is 9.59 Å². The molecule has 1 atom stereocenters. The monoisotopic (exact) mass is 255 g/mol. The van der Waals surface area contributed by atoms with Gasteiger partial charge in [-0.1, -0.05) is 0 Å². The van der Waals surface area contributed by atoms with Crippen molar-refractivity contribution in [1.29, 1.82) is 0 Å². The summed E-state index contributed by atoms with van der Waals surface area (Å²) < 4.78 is 5.30.